The van der Waals surface area contributed by atoms with Crippen molar-refractivity contribution in [1.82, 2.24) is 26.6 Å². The van der Waals surface area contributed by atoms with Gasteiger partial charge in [0, 0.05) is 52.1 Å². The van der Waals surface area contributed by atoms with Crippen molar-refractivity contribution >= 4 is 61.2 Å². The fourth-order valence-electron chi connectivity index (χ4n) is 10.3. The molecule has 12 atom stereocenters. The first-order valence-corrected chi connectivity index (χ1v) is 36.3. The van der Waals surface area contributed by atoms with Gasteiger partial charge in [0.1, 0.15) is 49.1 Å². The molecule has 1 aliphatic rings. The molecule has 28 nitrogen and oxygen atoms in total. The van der Waals surface area contributed by atoms with E-state index in [0.717, 1.165) is 71.1 Å². The quantitative estimate of drug-likeness (QED) is 0.00830. The highest BCUT2D eigenvalue weighted by Crippen LogP contribution is 2.43. The molecule has 95 heavy (non-hydrogen) atoms. The summed E-state index contributed by atoms with van der Waals surface area (Å²) in [6.07, 6.45) is 22.8. The van der Waals surface area contributed by atoms with Gasteiger partial charge in [0.25, 0.3) is 0 Å². The number of aliphatic hydroxyl groups is 4. The number of phosphoric acid groups is 1. The van der Waals surface area contributed by atoms with E-state index in [1.165, 1.54) is 111 Å². The second-order valence-electron chi connectivity index (χ2n) is 24.7. The number of carbonyl (C=O) groups excluding carboxylic acids is 9. The second kappa shape index (κ2) is 54.0. The molecule has 550 valence electrons. The highest BCUT2D eigenvalue weighted by atomic mass is 31.2. The van der Waals surface area contributed by atoms with Crippen LogP contribution in [0.15, 0.2) is 12.2 Å². The maximum Gasteiger partial charge on any atom is 0.472 e. The highest BCUT2D eigenvalue weighted by Gasteiger charge is 2.46. The first kappa shape index (κ1) is 88.0. The average Bonchev–Trinajstić information content (AvgIpc) is 0.814. The lowest BCUT2D eigenvalue weighted by Crippen LogP contribution is -2.65. The lowest BCUT2D eigenvalue weighted by atomic mass is 9.96. The van der Waals surface area contributed by atoms with E-state index in [1.807, 2.05) is 0 Å². The number of phosphoric ester groups is 1. The molecule has 0 bridgehead atoms. The predicted molar refractivity (Wildman–Crippen MR) is 353 cm³/mol. The molecule has 2 unspecified atom stereocenters. The Morgan fingerprint density at radius 3 is 1.71 bits per heavy atom. The zero-order valence-corrected chi connectivity index (χ0v) is 58.5. The molecule has 29 heteroatoms. The molecule has 1 rings (SSSR count). The number of esters is 4. The minimum atomic E-state index is -4.80. The van der Waals surface area contributed by atoms with Crippen LogP contribution < -0.4 is 32.3 Å². The number of hydrogen-bond donors (Lipinski definition) is 11. The van der Waals surface area contributed by atoms with E-state index in [0.29, 0.717) is 12.8 Å². The molecule has 0 aromatic heterocycles. The summed E-state index contributed by atoms with van der Waals surface area (Å²) in [7, 11) is -4.80. The van der Waals surface area contributed by atoms with Crippen LogP contribution in [0.3, 0.4) is 0 Å². The van der Waals surface area contributed by atoms with Crippen molar-refractivity contribution in [2.45, 2.75) is 314 Å². The zero-order chi connectivity index (χ0) is 70.8. The van der Waals surface area contributed by atoms with E-state index >= 15 is 0 Å². The molecular weight excluding hydrogens is 1260 g/mol. The number of primary amides is 1. The smallest absolute Gasteiger partial charge is 0.462 e. The predicted octanol–water partition coefficient (Wildman–Crippen LogP) is 6.00. The molecule has 0 spiro atoms. The zero-order valence-electron chi connectivity index (χ0n) is 57.6. The minimum absolute atomic E-state index is 0.0903. The van der Waals surface area contributed by atoms with E-state index in [4.69, 9.17) is 38.5 Å². The van der Waals surface area contributed by atoms with Crippen molar-refractivity contribution < 1.29 is 106 Å². The van der Waals surface area contributed by atoms with Gasteiger partial charge in [-0.05, 0) is 65.7 Å². The molecule has 12 N–H and O–H groups in total. The molecule has 1 heterocycles. The van der Waals surface area contributed by atoms with Gasteiger partial charge in [0.2, 0.25) is 29.5 Å². The number of amides is 5. The van der Waals surface area contributed by atoms with Crippen LogP contribution in [0.4, 0.5) is 0 Å². The number of carbonyl (C=O) groups is 9. The second-order valence-corrected chi connectivity index (χ2v) is 26.1. The van der Waals surface area contributed by atoms with Gasteiger partial charge < -0.3 is 81.3 Å². The Bertz CT molecular complexity index is 2270. The fraction of sp³-hybridized carbons (Fsp3) is 0.833. The van der Waals surface area contributed by atoms with Crippen molar-refractivity contribution in [2.24, 2.45) is 5.73 Å². The summed E-state index contributed by atoms with van der Waals surface area (Å²) in [5, 5.41) is 53.4. The summed E-state index contributed by atoms with van der Waals surface area (Å²) in [6, 6.07) is -5.56. The summed E-state index contributed by atoms with van der Waals surface area (Å²) < 4.78 is 49.8. The van der Waals surface area contributed by atoms with Crippen molar-refractivity contribution in [3.63, 3.8) is 0 Å². The van der Waals surface area contributed by atoms with Crippen molar-refractivity contribution in [3.05, 3.63) is 12.2 Å². The minimum Gasteiger partial charge on any atom is -0.462 e. The molecule has 1 saturated heterocycles. The summed E-state index contributed by atoms with van der Waals surface area (Å²) >= 11 is 0. The number of ether oxygens (including phenoxy) is 5. The van der Waals surface area contributed by atoms with Gasteiger partial charge >= 0.3 is 31.7 Å². The van der Waals surface area contributed by atoms with Gasteiger partial charge in [0.15, 0.2) is 12.4 Å². The maximum absolute atomic E-state index is 13.3. The van der Waals surface area contributed by atoms with E-state index in [1.54, 1.807) is 0 Å². The number of rotatable bonds is 58. The van der Waals surface area contributed by atoms with E-state index in [2.05, 4.69) is 52.6 Å². The first-order chi connectivity index (χ1) is 45.3. The Labute approximate surface area is 563 Å². The fourth-order valence-corrected chi connectivity index (χ4v) is 11.0. The largest absolute Gasteiger partial charge is 0.472 e. The standard InChI is InChI=1S/C66H119N6O22P/c1-7-9-11-13-15-17-19-21-22-24-26-28-30-32-34-36-57(79)92-51(45-88-56(78)35-33-31-29-27-25-23-20-18-16-14-12-10-8-2)46-90-95(86,87)89-42-41-68-54(76)38-39-55(77)70-48(4)65(84)94-58(80)40-37-52(63(67)82)72-64(83)59(49(5)74)69-43-47(3)91-62-60(71-50(6)75)66(85)93-53(44-73)61(62)81/h21-22,47-49,51-53,59-62,66,69,73-74,81,85H,7-20,23-46H2,1-6H3,(H2,67,82)(H,68,76)(H,70,77)(H,71,75)(H,72,83)(H,86,87)/b22-21-/t47?,48-,49+,51+,52+,53+,59-,60+,61+,62+,66-/m0/s1. The third-order valence-corrected chi connectivity index (χ3v) is 16.8. The SMILES string of the molecule is CCCCCCCC/C=C\CCCCCCCC(=O)O[C@H](COC(=O)CCCCCCCCCCCCCCC)COP(=O)(O)OCCNC(=O)CCC(=O)N[C@@H](C)C(=O)OC(=O)CC[C@@H](NC(=O)[C@@H](NCC(C)O[C@H]1[C@H](O)[C@@H](CO)O[C@H](O)[C@@H]1NC(C)=O)[C@@H](C)O)C(N)=O. The van der Waals surface area contributed by atoms with Crippen molar-refractivity contribution in [2.75, 3.05) is 39.5 Å². The molecule has 0 aromatic carbocycles. The Kier molecular flexibility index (Phi) is 50.0. The molecule has 5 amide bonds. The molecule has 0 radical (unpaired) electrons. The van der Waals surface area contributed by atoms with Gasteiger partial charge in [-0.15, -0.1) is 0 Å². The highest BCUT2D eigenvalue weighted by molar-refractivity contribution is 7.47. The third-order valence-electron chi connectivity index (χ3n) is 15.8. The van der Waals surface area contributed by atoms with Crippen LogP contribution in [0.5, 0.6) is 0 Å². The van der Waals surface area contributed by atoms with E-state index in [-0.39, 0.29) is 25.9 Å². The number of unbranched alkanes of at least 4 members (excludes halogenated alkanes) is 23. The Hall–Kier alpha value is -5.00. The molecule has 0 aromatic rings. The van der Waals surface area contributed by atoms with Crippen LogP contribution in [0.2, 0.25) is 0 Å². The average molecular weight is 1380 g/mol. The maximum atomic E-state index is 13.3. The van der Waals surface area contributed by atoms with Gasteiger partial charge in [0.05, 0.1) is 32.0 Å². The van der Waals surface area contributed by atoms with Crippen LogP contribution >= 0.6 is 7.82 Å². The number of hydrogen-bond acceptors (Lipinski definition) is 22. The van der Waals surface area contributed by atoms with Crippen molar-refractivity contribution in [1.29, 1.82) is 0 Å². The number of nitrogens with two attached hydrogens (primary N) is 1. The van der Waals surface area contributed by atoms with Crippen LogP contribution in [0, 0.1) is 0 Å². The van der Waals surface area contributed by atoms with E-state index in [9.17, 15) is 73.0 Å². The van der Waals surface area contributed by atoms with Crippen LogP contribution in [0.25, 0.3) is 0 Å². The van der Waals surface area contributed by atoms with Gasteiger partial charge in [-0.3, -0.25) is 47.4 Å². The monoisotopic (exact) mass is 1380 g/mol. The number of aliphatic hydroxyl groups excluding tert-OH is 4. The topological polar surface area (TPSA) is 423 Å². The Morgan fingerprint density at radius 1 is 0.653 bits per heavy atom. The third kappa shape index (κ3) is 44.5. The van der Waals surface area contributed by atoms with Gasteiger partial charge in [-0.25, -0.2) is 9.36 Å². The Balaban J connectivity index is 2.60. The summed E-state index contributed by atoms with van der Waals surface area (Å²) in [5.74, 6) is -7.52. The summed E-state index contributed by atoms with van der Waals surface area (Å²) in [4.78, 5) is 124. The number of allylic oxidation sites excluding steroid dienone is 2. The lowest BCUT2D eigenvalue weighted by molar-refractivity contribution is -0.267. The molecule has 0 aliphatic carbocycles. The summed E-state index contributed by atoms with van der Waals surface area (Å²) in [6.45, 7) is 6.82. The normalized spacial score (nSPS) is 18.9. The van der Waals surface area contributed by atoms with Crippen molar-refractivity contribution in [3.8, 4) is 0 Å². The van der Waals surface area contributed by atoms with Crippen LogP contribution in [0.1, 0.15) is 247 Å². The van der Waals surface area contributed by atoms with Gasteiger partial charge in [-0.2, -0.15) is 0 Å². The molecule has 1 aliphatic heterocycles. The Morgan fingerprint density at radius 2 is 1.18 bits per heavy atom. The number of nitrogens with one attached hydrogen (secondary N) is 5. The molecular formula is C66H119N6O22P. The van der Waals surface area contributed by atoms with Gasteiger partial charge in [-0.1, -0.05) is 154 Å². The van der Waals surface area contributed by atoms with Crippen LogP contribution in [-0.4, -0.2) is 185 Å². The molecule has 1 fully saturated rings. The van der Waals surface area contributed by atoms with Crippen LogP contribution in [-0.2, 0) is 80.4 Å². The molecule has 0 saturated carbocycles. The first-order valence-electron chi connectivity index (χ1n) is 34.8. The van der Waals surface area contributed by atoms with E-state index < -0.39 is 180 Å². The lowest BCUT2D eigenvalue weighted by Gasteiger charge is -2.43. The summed E-state index contributed by atoms with van der Waals surface area (Å²) in [5.41, 5.74) is 5.48.